The Bertz CT molecular complexity index is 304. The van der Waals surface area contributed by atoms with E-state index in [4.69, 9.17) is 9.84 Å². The van der Waals surface area contributed by atoms with Crippen molar-refractivity contribution < 1.29 is 19.7 Å². The average molecular weight is 357 g/mol. The maximum Gasteiger partial charge on any atom is 0.148 e. The van der Waals surface area contributed by atoms with Crippen LogP contribution in [0.15, 0.2) is 12.2 Å². The molecular formula is C21H40O4. The first-order chi connectivity index (χ1) is 12.2. The number of hydrogen-bond donors (Lipinski definition) is 2. The molecule has 0 aliphatic rings. The van der Waals surface area contributed by atoms with Crippen LogP contribution in [0.1, 0.15) is 90.4 Å². The molecule has 2 N–H and O–H groups in total. The Kier molecular flexibility index (Phi) is 19.1. The van der Waals surface area contributed by atoms with E-state index in [0.717, 1.165) is 25.5 Å². The summed E-state index contributed by atoms with van der Waals surface area (Å²) >= 11 is 0. The summed E-state index contributed by atoms with van der Waals surface area (Å²) in [7, 11) is 0. The number of unbranched alkanes of at least 4 members (excludes halogenated alkanes) is 10. The highest BCUT2D eigenvalue weighted by molar-refractivity contribution is 5.55. The zero-order valence-electron chi connectivity index (χ0n) is 16.2. The second-order valence-corrected chi connectivity index (χ2v) is 6.86. The van der Waals surface area contributed by atoms with Crippen LogP contribution < -0.4 is 0 Å². The lowest BCUT2D eigenvalue weighted by Crippen LogP contribution is -2.25. The molecule has 0 aromatic heterocycles. The molecule has 0 spiro atoms. The van der Waals surface area contributed by atoms with Crippen LogP contribution in [0.3, 0.4) is 0 Å². The van der Waals surface area contributed by atoms with E-state index in [9.17, 15) is 9.90 Å². The summed E-state index contributed by atoms with van der Waals surface area (Å²) in [6, 6.07) is 0. The van der Waals surface area contributed by atoms with Crippen LogP contribution in [0.4, 0.5) is 0 Å². The molecule has 0 aromatic rings. The van der Waals surface area contributed by atoms with Gasteiger partial charge in [-0.25, -0.2) is 0 Å². The maximum absolute atomic E-state index is 10.9. The molecule has 0 saturated heterocycles. The minimum Gasteiger partial charge on any atom is -0.394 e. The largest absolute Gasteiger partial charge is 0.394 e. The Morgan fingerprint density at radius 1 is 0.880 bits per heavy atom. The smallest absolute Gasteiger partial charge is 0.148 e. The van der Waals surface area contributed by atoms with Gasteiger partial charge in [0.1, 0.15) is 18.5 Å². The van der Waals surface area contributed by atoms with Gasteiger partial charge < -0.3 is 19.7 Å². The van der Waals surface area contributed by atoms with Gasteiger partial charge in [-0.15, -0.1) is 0 Å². The number of ether oxygens (including phenoxy) is 1. The van der Waals surface area contributed by atoms with Crippen LogP contribution in [0.2, 0.25) is 0 Å². The third-order valence-corrected chi connectivity index (χ3v) is 4.37. The Labute approximate surface area is 154 Å². The van der Waals surface area contributed by atoms with Crippen molar-refractivity contribution in [2.45, 2.75) is 103 Å². The Balaban J connectivity index is 3.36. The molecule has 2 unspecified atom stereocenters. The molecule has 148 valence electrons. The molecule has 0 radical (unpaired) electrons. The van der Waals surface area contributed by atoms with Gasteiger partial charge in [-0.3, -0.25) is 0 Å². The number of rotatable bonds is 19. The highest BCUT2D eigenvalue weighted by Crippen LogP contribution is 2.10. The van der Waals surface area contributed by atoms with Gasteiger partial charge in [-0.05, 0) is 32.1 Å². The standard InChI is InChI=1S/C21H40O4/c1-2-3-4-5-6-7-8-9-10-11-12-13-14-15-16-21(18-23)25-19-20(24)17-22/h9-10,18,20-22,24H,2-8,11-17,19H2,1H3/b10-9-. The van der Waals surface area contributed by atoms with Crippen molar-refractivity contribution in [1.82, 2.24) is 0 Å². The van der Waals surface area contributed by atoms with E-state index in [1.54, 1.807) is 0 Å². The van der Waals surface area contributed by atoms with Gasteiger partial charge in [-0.1, -0.05) is 70.4 Å². The van der Waals surface area contributed by atoms with E-state index in [2.05, 4.69) is 19.1 Å². The molecule has 2 atom stereocenters. The predicted molar refractivity (Wildman–Crippen MR) is 104 cm³/mol. The fourth-order valence-corrected chi connectivity index (χ4v) is 2.72. The molecule has 0 aromatic carbocycles. The van der Waals surface area contributed by atoms with E-state index in [1.165, 1.54) is 57.8 Å². The van der Waals surface area contributed by atoms with Gasteiger partial charge in [0.25, 0.3) is 0 Å². The SMILES string of the molecule is CCCCCCCC/C=C\CCCCCCC(C=O)OCC(O)CO. The fraction of sp³-hybridized carbons (Fsp3) is 0.857. The van der Waals surface area contributed by atoms with Gasteiger partial charge >= 0.3 is 0 Å². The van der Waals surface area contributed by atoms with Crippen molar-refractivity contribution in [2.24, 2.45) is 0 Å². The van der Waals surface area contributed by atoms with E-state index in [0.29, 0.717) is 6.42 Å². The first-order valence-electron chi connectivity index (χ1n) is 10.2. The molecule has 0 heterocycles. The van der Waals surface area contributed by atoms with Crippen molar-refractivity contribution >= 4 is 6.29 Å². The summed E-state index contributed by atoms with van der Waals surface area (Å²) in [4.78, 5) is 10.9. The Morgan fingerprint density at radius 2 is 1.44 bits per heavy atom. The van der Waals surface area contributed by atoms with Crippen molar-refractivity contribution in [3.63, 3.8) is 0 Å². The van der Waals surface area contributed by atoms with Crippen molar-refractivity contribution in [3.05, 3.63) is 12.2 Å². The Morgan fingerprint density at radius 3 is 2.00 bits per heavy atom. The van der Waals surface area contributed by atoms with Crippen molar-refractivity contribution in [2.75, 3.05) is 13.2 Å². The normalized spacial score (nSPS) is 14.0. The number of aliphatic hydroxyl groups excluding tert-OH is 2. The number of aldehydes is 1. The quantitative estimate of drug-likeness (QED) is 0.202. The van der Waals surface area contributed by atoms with E-state index >= 15 is 0 Å². The molecule has 4 nitrogen and oxygen atoms in total. The van der Waals surface area contributed by atoms with Crippen LogP contribution in [0, 0.1) is 0 Å². The van der Waals surface area contributed by atoms with Gasteiger partial charge in [0, 0.05) is 0 Å². The van der Waals surface area contributed by atoms with Crippen LogP contribution in [0.25, 0.3) is 0 Å². The minimum absolute atomic E-state index is 0.0172. The maximum atomic E-state index is 10.9. The summed E-state index contributed by atoms with van der Waals surface area (Å²) in [5.74, 6) is 0. The number of allylic oxidation sites excluding steroid dienone is 2. The molecule has 0 aliphatic carbocycles. The first kappa shape index (κ1) is 24.3. The minimum atomic E-state index is -0.898. The van der Waals surface area contributed by atoms with Crippen LogP contribution in [0.5, 0.6) is 0 Å². The Hall–Kier alpha value is -0.710. The summed E-state index contributed by atoms with van der Waals surface area (Å²) in [6.45, 7) is 1.93. The highest BCUT2D eigenvalue weighted by atomic mass is 16.5. The molecule has 0 fully saturated rings. The van der Waals surface area contributed by atoms with Crippen LogP contribution in [-0.2, 0) is 9.53 Å². The predicted octanol–water partition coefficient (Wildman–Crippen LogP) is 4.57. The number of aliphatic hydroxyl groups is 2. The number of hydrogen-bond acceptors (Lipinski definition) is 4. The molecule has 0 aliphatic heterocycles. The highest BCUT2D eigenvalue weighted by Gasteiger charge is 2.10. The molecule has 4 heteroatoms. The van der Waals surface area contributed by atoms with E-state index < -0.39 is 12.2 Å². The lowest BCUT2D eigenvalue weighted by molar-refractivity contribution is -0.121. The number of carbonyl (C=O) groups is 1. The molecule has 0 bridgehead atoms. The fourth-order valence-electron chi connectivity index (χ4n) is 2.72. The molecule has 0 saturated carbocycles. The van der Waals surface area contributed by atoms with Gasteiger partial charge in [0.2, 0.25) is 0 Å². The molecular weight excluding hydrogens is 316 g/mol. The van der Waals surface area contributed by atoms with E-state index in [1.807, 2.05) is 0 Å². The van der Waals surface area contributed by atoms with Crippen molar-refractivity contribution in [1.29, 1.82) is 0 Å². The zero-order chi connectivity index (χ0) is 18.6. The van der Waals surface area contributed by atoms with E-state index in [-0.39, 0.29) is 13.2 Å². The first-order valence-corrected chi connectivity index (χ1v) is 10.2. The summed E-state index contributed by atoms with van der Waals surface area (Å²) in [6.07, 6.45) is 19.7. The van der Waals surface area contributed by atoms with Crippen molar-refractivity contribution in [3.8, 4) is 0 Å². The second kappa shape index (κ2) is 19.6. The lowest BCUT2D eigenvalue weighted by atomic mass is 10.1. The summed E-state index contributed by atoms with van der Waals surface area (Å²) in [5, 5.41) is 17.9. The summed E-state index contributed by atoms with van der Waals surface area (Å²) < 4.78 is 5.27. The van der Waals surface area contributed by atoms with Gasteiger partial charge in [0.15, 0.2) is 0 Å². The molecule has 0 amide bonds. The van der Waals surface area contributed by atoms with Gasteiger partial charge in [0.05, 0.1) is 13.2 Å². The van der Waals surface area contributed by atoms with Crippen LogP contribution >= 0.6 is 0 Å². The van der Waals surface area contributed by atoms with Gasteiger partial charge in [-0.2, -0.15) is 0 Å². The number of carbonyl (C=O) groups excluding carboxylic acids is 1. The monoisotopic (exact) mass is 356 g/mol. The average Bonchev–Trinajstić information content (AvgIpc) is 2.64. The zero-order valence-corrected chi connectivity index (χ0v) is 16.2. The summed E-state index contributed by atoms with van der Waals surface area (Å²) in [5.41, 5.74) is 0. The van der Waals surface area contributed by atoms with Crippen LogP contribution in [-0.4, -0.2) is 41.9 Å². The third kappa shape index (κ3) is 17.9. The topological polar surface area (TPSA) is 66.8 Å². The second-order valence-electron chi connectivity index (χ2n) is 6.86. The molecule has 25 heavy (non-hydrogen) atoms. The third-order valence-electron chi connectivity index (χ3n) is 4.37. The molecule has 0 rings (SSSR count). The lowest BCUT2D eigenvalue weighted by Gasteiger charge is -2.14.